The molecule has 0 spiro atoms. The molecule has 0 aromatic carbocycles. The van der Waals surface area contributed by atoms with E-state index in [2.05, 4.69) is 4.99 Å². The Morgan fingerprint density at radius 2 is 2.09 bits per heavy atom. The van der Waals surface area contributed by atoms with Crippen molar-refractivity contribution < 1.29 is 23.1 Å². The number of amides is 1. The van der Waals surface area contributed by atoms with Crippen molar-refractivity contribution in [3.8, 4) is 0 Å². The highest BCUT2D eigenvalue weighted by atomic mass is 32.2. The van der Waals surface area contributed by atoms with Gasteiger partial charge in [-0.3, -0.25) is 9.79 Å². The summed E-state index contributed by atoms with van der Waals surface area (Å²) in [5, 5.41) is 14.2. The summed E-state index contributed by atoms with van der Waals surface area (Å²) in [6.07, 6.45) is 0.548. The van der Waals surface area contributed by atoms with Crippen LogP contribution in [0.15, 0.2) is 4.99 Å². The van der Waals surface area contributed by atoms with Gasteiger partial charge in [-0.15, -0.1) is 0 Å². The number of aliphatic imine (C=N–C) groups is 1. The Kier molecular flexibility index (Phi) is 6.11. The minimum atomic E-state index is -3.70. The average molecular weight is 335 g/mol. The van der Waals surface area contributed by atoms with E-state index in [1.807, 2.05) is 0 Å². The standard InChI is InChI=1S/C11H21N5O5S/c12-11(13)15-3-1-2-8(10(18)19)16-5-7(4-9(16)17)6-22(14,20)21/h7-8H,1-6H2,(H,18,19)(H4,12,13,15)(H2,14,20,21)/t7?,8-/m0/s1. The maximum absolute atomic E-state index is 11.9. The third kappa shape index (κ3) is 5.85. The molecule has 1 rings (SSSR count). The Labute approximate surface area is 128 Å². The van der Waals surface area contributed by atoms with Crippen molar-refractivity contribution in [1.82, 2.24) is 4.90 Å². The van der Waals surface area contributed by atoms with Crippen molar-refractivity contribution in [2.24, 2.45) is 27.5 Å². The maximum Gasteiger partial charge on any atom is 0.326 e. The van der Waals surface area contributed by atoms with Crippen LogP contribution in [0, 0.1) is 5.92 Å². The molecule has 0 aromatic heterocycles. The number of guanidine groups is 1. The Balaban J connectivity index is 2.66. The zero-order valence-corrected chi connectivity index (χ0v) is 12.8. The van der Waals surface area contributed by atoms with Crippen molar-refractivity contribution in [2.45, 2.75) is 25.3 Å². The summed E-state index contributed by atoms with van der Waals surface area (Å²) < 4.78 is 22.1. The summed E-state index contributed by atoms with van der Waals surface area (Å²) in [5.41, 5.74) is 10.3. The van der Waals surface area contributed by atoms with Gasteiger partial charge in [0, 0.05) is 25.4 Å². The molecule has 22 heavy (non-hydrogen) atoms. The van der Waals surface area contributed by atoms with Gasteiger partial charge in [-0.25, -0.2) is 18.4 Å². The highest BCUT2D eigenvalue weighted by Crippen LogP contribution is 2.23. The van der Waals surface area contributed by atoms with Gasteiger partial charge in [0.25, 0.3) is 0 Å². The molecule has 1 fully saturated rings. The lowest BCUT2D eigenvalue weighted by Crippen LogP contribution is -2.42. The van der Waals surface area contributed by atoms with Gasteiger partial charge in [-0.1, -0.05) is 0 Å². The third-order valence-corrected chi connectivity index (χ3v) is 4.23. The number of primary sulfonamides is 1. The molecule has 1 unspecified atom stereocenters. The van der Waals surface area contributed by atoms with Crippen LogP contribution >= 0.6 is 0 Å². The molecule has 1 heterocycles. The van der Waals surface area contributed by atoms with Crippen LogP contribution in [0.2, 0.25) is 0 Å². The SMILES string of the molecule is NC(N)=NCCC[C@@H](C(=O)O)N1CC(CS(N)(=O)=O)CC1=O. The number of carboxylic acid groups (broad SMARTS) is 1. The smallest absolute Gasteiger partial charge is 0.326 e. The number of nitrogens with two attached hydrogens (primary N) is 3. The number of sulfonamides is 1. The lowest BCUT2D eigenvalue weighted by molar-refractivity contribution is -0.148. The van der Waals surface area contributed by atoms with Crippen molar-refractivity contribution >= 4 is 27.9 Å². The number of likely N-dealkylation sites (tertiary alicyclic amines) is 1. The van der Waals surface area contributed by atoms with E-state index in [0.717, 1.165) is 0 Å². The number of aliphatic carboxylic acids is 1. The predicted molar refractivity (Wildman–Crippen MR) is 79.1 cm³/mol. The number of carboxylic acids is 1. The van der Waals surface area contributed by atoms with Gasteiger partial charge < -0.3 is 21.5 Å². The van der Waals surface area contributed by atoms with E-state index in [-0.39, 0.29) is 43.6 Å². The molecule has 126 valence electrons. The molecule has 0 saturated carbocycles. The first-order valence-electron chi connectivity index (χ1n) is 6.68. The zero-order chi connectivity index (χ0) is 16.9. The first-order chi connectivity index (χ1) is 10.1. The fourth-order valence-corrected chi connectivity index (χ4v) is 3.34. The van der Waals surface area contributed by atoms with Crippen molar-refractivity contribution in [1.29, 1.82) is 0 Å². The number of nitrogens with zero attached hydrogens (tertiary/aromatic N) is 2. The Hall–Kier alpha value is -1.88. The molecule has 1 saturated heterocycles. The van der Waals surface area contributed by atoms with Crippen LogP contribution in [0.3, 0.4) is 0 Å². The van der Waals surface area contributed by atoms with Gasteiger partial charge in [0.15, 0.2) is 5.96 Å². The summed E-state index contributed by atoms with van der Waals surface area (Å²) in [6.45, 7) is 0.323. The largest absolute Gasteiger partial charge is 0.480 e. The molecule has 7 N–H and O–H groups in total. The summed E-state index contributed by atoms with van der Waals surface area (Å²) in [4.78, 5) is 28.2. The van der Waals surface area contributed by atoms with E-state index >= 15 is 0 Å². The molecule has 1 aliphatic rings. The molecule has 2 atom stereocenters. The van der Waals surface area contributed by atoms with Gasteiger partial charge in [0.2, 0.25) is 15.9 Å². The van der Waals surface area contributed by atoms with Crippen LogP contribution in [0.25, 0.3) is 0 Å². The second kappa shape index (κ2) is 7.40. The summed E-state index contributed by atoms with van der Waals surface area (Å²) in [6, 6.07) is -1.02. The van der Waals surface area contributed by atoms with E-state index < -0.39 is 28.0 Å². The van der Waals surface area contributed by atoms with Crippen molar-refractivity contribution in [3.05, 3.63) is 0 Å². The second-order valence-corrected chi connectivity index (χ2v) is 6.91. The number of carbonyl (C=O) groups excluding carboxylic acids is 1. The van der Waals surface area contributed by atoms with E-state index in [1.54, 1.807) is 0 Å². The first kappa shape index (κ1) is 18.2. The first-order valence-corrected chi connectivity index (χ1v) is 8.40. The van der Waals surface area contributed by atoms with Gasteiger partial charge in [0.1, 0.15) is 6.04 Å². The van der Waals surface area contributed by atoms with Gasteiger partial charge in [-0.2, -0.15) is 0 Å². The quantitative estimate of drug-likeness (QED) is 0.217. The van der Waals surface area contributed by atoms with Crippen molar-refractivity contribution in [3.63, 3.8) is 0 Å². The predicted octanol–water partition coefficient (Wildman–Crippen LogP) is -2.37. The Morgan fingerprint density at radius 3 is 2.59 bits per heavy atom. The normalized spacial score (nSPS) is 20.0. The summed E-state index contributed by atoms with van der Waals surface area (Å²) >= 11 is 0. The molecular weight excluding hydrogens is 314 g/mol. The third-order valence-electron chi connectivity index (χ3n) is 3.30. The monoisotopic (exact) mass is 335 g/mol. The molecule has 1 amide bonds. The number of hydrogen-bond acceptors (Lipinski definition) is 5. The van der Waals surface area contributed by atoms with Gasteiger partial charge >= 0.3 is 5.97 Å². The second-order valence-electron chi connectivity index (χ2n) is 5.25. The molecule has 1 aliphatic heterocycles. The lowest BCUT2D eigenvalue weighted by atomic mass is 10.1. The Bertz CT molecular complexity index is 557. The average Bonchev–Trinajstić information content (AvgIpc) is 2.66. The van der Waals surface area contributed by atoms with E-state index in [9.17, 15) is 23.1 Å². The highest BCUT2D eigenvalue weighted by Gasteiger charge is 2.38. The van der Waals surface area contributed by atoms with Crippen LogP contribution in [0.5, 0.6) is 0 Å². The van der Waals surface area contributed by atoms with Crippen LogP contribution in [0.1, 0.15) is 19.3 Å². The van der Waals surface area contributed by atoms with Crippen LogP contribution in [-0.2, 0) is 19.6 Å². The maximum atomic E-state index is 11.9. The van der Waals surface area contributed by atoms with E-state index in [4.69, 9.17) is 16.6 Å². The molecule has 0 radical (unpaired) electrons. The summed E-state index contributed by atoms with van der Waals surface area (Å²) in [7, 11) is -3.70. The van der Waals surface area contributed by atoms with Crippen LogP contribution in [0.4, 0.5) is 0 Å². The van der Waals surface area contributed by atoms with Gasteiger partial charge in [0.05, 0.1) is 5.75 Å². The minimum Gasteiger partial charge on any atom is -0.480 e. The van der Waals surface area contributed by atoms with Gasteiger partial charge in [-0.05, 0) is 12.8 Å². The van der Waals surface area contributed by atoms with Crippen LogP contribution in [-0.4, -0.2) is 61.1 Å². The highest BCUT2D eigenvalue weighted by molar-refractivity contribution is 7.89. The molecular formula is C11H21N5O5S. The molecule has 10 nitrogen and oxygen atoms in total. The fourth-order valence-electron chi connectivity index (χ4n) is 2.46. The molecule has 11 heteroatoms. The zero-order valence-electron chi connectivity index (χ0n) is 12.0. The molecule has 0 aliphatic carbocycles. The lowest BCUT2D eigenvalue weighted by Gasteiger charge is -2.24. The number of rotatable bonds is 8. The van der Waals surface area contributed by atoms with Crippen LogP contribution < -0.4 is 16.6 Å². The van der Waals surface area contributed by atoms with E-state index in [0.29, 0.717) is 6.42 Å². The molecule has 0 bridgehead atoms. The van der Waals surface area contributed by atoms with E-state index in [1.165, 1.54) is 4.90 Å². The minimum absolute atomic E-state index is 0.0197. The Morgan fingerprint density at radius 1 is 1.45 bits per heavy atom. The fraction of sp³-hybridized carbons (Fsp3) is 0.727. The summed E-state index contributed by atoms with van der Waals surface area (Å²) in [5.74, 6) is -2.44. The number of carbonyl (C=O) groups is 2. The number of hydrogen-bond donors (Lipinski definition) is 4. The topological polar surface area (TPSA) is 182 Å². The van der Waals surface area contributed by atoms with Crippen molar-refractivity contribution in [2.75, 3.05) is 18.8 Å². The molecule has 0 aromatic rings.